The number of thioether (sulfide) groups is 1. The summed E-state index contributed by atoms with van der Waals surface area (Å²) in [5.74, 6) is -2.01. The Hall–Kier alpha value is -1.62. The van der Waals surface area contributed by atoms with Gasteiger partial charge in [0.15, 0.2) is 0 Å². The van der Waals surface area contributed by atoms with Gasteiger partial charge < -0.3 is 29.8 Å². The quantitative estimate of drug-likeness (QED) is 0.370. The number of likely N-dealkylation sites (N-methyl/N-ethyl adjacent to an activating group) is 1. The van der Waals surface area contributed by atoms with Crippen molar-refractivity contribution in [2.24, 2.45) is 11.8 Å². The van der Waals surface area contributed by atoms with Crippen molar-refractivity contribution in [2.45, 2.75) is 56.2 Å². The second-order valence-corrected chi connectivity index (χ2v) is 11.9. The number of quaternary nitrogens is 1. The molecule has 9 nitrogen and oxygen atoms in total. The van der Waals surface area contributed by atoms with Crippen molar-refractivity contribution < 1.29 is 29.1 Å². The fourth-order valence-electron chi connectivity index (χ4n) is 5.63. The minimum Gasteiger partial charge on any atom is -0.477 e. The molecule has 0 saturated carbocycles. The smallest absolute Gasteiger partial charge is 0.353 e. The molecule has 0 aliphatic carbocycles. The third-order valence-electron chi connectivity index (χ3n) is 7.56. The number of aliphatic carboxylic acids is 1. The van der Waals surface area contributed by atoms with Crippen LogP contribution in [0.25, 0.3) is 0 Å². The Kier molecular flexibility index (Phi) is 6.11. The first-order valence-electron chi connectivity index (χ1n) is 11.4. The van der Waals surface area contributed by atoms with Gasteiger partial charge in [-0.2, -0.15) is 0 Å². The molecule has 2 amide bonds. The maximum atomic E-state index is 13.1. The molecule has 3 fully saturated rings. The molecule has 3 N–H and O–H groups in total. The van der Waals surface area contributed by atoms with Gasteiger partial charge in [-0.15, -0.1) is 11.8 Å². The summed E-state index contributed by atoms with van der Waals surface area (Å²) in [6.45, 7) is 5.67. The number of fused-ring (bicyclic) bond motifs is 1. The summed E-state index contributed by atoms with van der Waals surface area (Å²) in [5.41, 5.74) is 0.0505. The maximum Gasteiger partial charge on any atom is 0.353 e. The molecule has 1 unspecified atom stereocenters. The van der Waals surface area contributed by atoms with E-state index in [9.17, 15) is 24.6 Å². The molecular weight excluding hydrogens is 432 g/mol. The van der Waals surface area contributed by atoms with Crippen LogP contribution >= 0.6 is 11.8 Å². The number of aliphatic hydroxyl groups is 1. The summed E-state index contributed by atoms with van der Waals surface area (Å²) in [7, 11) is 6.48. The summed E-state index contributed by atoms with van der Waals surface area (Å²) in [5, 5.41) is 23.2. The van der Waals surface area contributed by atoms with Crippen molar-refractivity contribution in [3.63, 3.8) is 0 Å². The van der Waals surface area contributed by atoms with Gasteiger partial charge in [0.25, 0.3) is 0 Å². The molecule has 0 aromatic heterocycles. The Bertz CT molecular complexity index is 854. The van der Waals surface area contributed by atoms with Crippen LogP contribution in [0, 0.1) is 11.8 Å². The zero-order valence-corrected chi connectivity index (χ0v) is 20.3. The minimum absolute atomic E-state index is 0.0505. The van der Waals surface area contributed by atoms with Crippen LogP contribution < -0.4 is 5.32 Å². The average Bonchev–Trinajstić information content (AvgIpc) is 3.40. The molecule has 10 heteroatoms. The van der Waals surface area contributed by atoms with Crippen molar-refractivity contribution >= 4 is 29.5 Å². The number of aliphatic hydroxyl groups excluding tert-OH is 1. The lowest BCUT2D eigenvalue weighted by Crippen LogP contribution is -2.63. The predicted octanol–water partition coefficient (Wildman–Crippen LogP) is -0.0891. The Labute approximate surface area is 193 Å². The van der Waals surface area contributed by atoms with Gasteiger partial charge in [-0.25, -0.2) is 4.79 Å². The lowest BCUT2D eigenvalue weighted by atomic mass is 9.79. The van der Waals surface area contributed by atoms with Crippen molar-refractivity contribution in [2.75, 3.05) is 40.8 Å². The molecular formula is C22H35N4O5S+. The highest BCUT2D eigenvalue weighted by atomic mass is 32.2. The zero-order valence-electron chi connectivity index (χ0n) is 19.4. The van der Waals surface area contributed by atoms with E-state index in [2.05, 4.69) is 26.5 Å². The normalized spacial score (nSPS) is 35.9. The van der Waals surface area contributed by atoms with Crippen LogP contribution in [-0.2, 0) is 14.4 Å². The van der Waals surface area contributed by atoms with Gasteiger partial charge in [0.1, 0.15) is 11.7 Å². The molecule has 4 heterocycles. The number of carboxylic acid groups (broad SMARTS) is 1. The number of hydrogen-bond acceptors (Lipinski definition) is 6. The summed E-state index contributed by atoms with van der Waals surface area (Å²) in [4.78, 5) is 41.6. The number of carbonyl (C=O) groups excluding carboxylic acids is 2. The average molecular weight is 468 g/mol. The molecule has 32 heavy (non-hydrogen) atoms. The first-order chi connectivity index (χ1) is 14.9. The number of carbonyl (C=O) groups is 3. The molecule has 0 bridgehead atoms. The van der Waals surface area contributed by atoms with Crippen LogP contribution in [-0.4, -0.2) is 113 Å². The van der Waals surface area contributed by atoms with Crippen LogP contribution in [0.1, 0.15) is 26.7 Å². The largest absolute Gasteiger partial charge is 0.477 e. The molecule has 0 radical (unpaired) electrons. The van der Waals surface area contributed by atoms with E-state index in [1.54, 1.807) is 6.92 Å². The number of rotatable bonds is 6. The Morgan fingerprint density at radius 3 is 2.53 bits per heavy atom. The fourth-order valence-corrected chi connectivity index (χ4v) is 7.11. The second kappa shape index (κ2) is 8.30. The van der Waals surface area contributed by atoms with Gasteiger partial charge in [-0.05, 0) is 13.3 Å². The van der Waals surface area contributed by atoms with Gasteiger partial charge in [-0.1, -0.05) is 6.92 Å². The topological polar surface area (TPSA) is 110 Å². The highest BCUT2D eigenvalue weighted by Gasteiger charge is 2.60. The first kappa shape index (κ1) is 23.5. The van der Waals surface area contributed by atoms with E-state index in [0.717, 1.165) is 24.0 Å². The number of nitrogens with zero attached hydrogens (tertiary/aromatic N) is 3. The fraction of sp³-hybridized carbons (Fsp3) is 0.773. The van der Waals surface area contributed by atoms with Crippen LogP contribution in [0.3, 0.4) is 0 Å². The number of hydrogen-bond donors (Lipinski definition) is 3. The second-order valence-electron chi connectivity index (χ2n) is 10.6. The highest BCUT2D eigenvalue weighted by Crippen LogP contribution is 2.51. The highest BCUT2D eigenvalue weighted by molar-refractivity contribution is 8.03. The third-order valence-corrected chi connectivity index (χ3v) is 9.08. The Morgan fingerprint density at radius 2 is 1.97 bits per heavy atom. The number of β-lactam (4-membered cyclic amide) rings is 1. The van der Waals surface area contributed by atoms with Gasteiger partial charge in [-0.3, -0.25) is 9.59 Å². The lowest BCUT2D eigenvalue weighted by molar-refractivity contribution is -0.893. The van der Waals surface area contributed by atoms with E-state index in [1.807, 2.05) is 11.8 Å². The predicted molar refractivity (Wildman–Crippen MR) is 120 cm³/mol. The van der Waals surface area contributed by atoms with Gasteiger partial charge in [0.2, 0.25) is 11.8 Å². The minimum atomic E-state index is -1.11. The maximum absolute atomic E-state index is 13.1. The van der Waals surface area contributed by atoms with Crippen molar-refractivity contribution in [3.8, 4) is 0 Å². The zero-order chi connectivity index (χ0) is 23.5. The Morgan fingerprint density at radius 1 is 1.28 bits per heavy atom. The number of likely N-dealkylation sites (tertiary alicyclic amines) is 1. The van der Waals surface area contributed by atoms with Crippen molar-refractivity contribution in [1.82, 2.24) is 15.1 Å². The number of amides is 2. The van der Waals surface area contributed by atoms with Crippen LogP contribution in [0.4, 0.5) is 0 Å². The molecule has 3 saturated heterocycles. The van der Waals surface area contributed by atoms with E-state index >= 15 is 0 Å². The SMILES string of the molecule is CC(O)[C@H]1C(=O)N2C(C(=O)O)=C(S[C@@H]3CN[C@H](C(=O)N4CC[C@@H]([N+](C)(C)C)C4)C3)[C@H](C)[C@H]12. The van der Waals surface area contributed by atoms with E-state index in [4.69, 9.17) is 0 Å². The molecule has 4 aliphatic rings. The molecule has 178 valence electrons. The monoisotopic (exact) mass is 467 g/mol. The summed E-state index contributed by atoms with van der Waals surface area (Å²) in [6.07, 6.45) is 0.829. The molecule has 0 spiro atoms. The molecule has 0 aromatic carbocycles. The lowest BCUT2D eigenvalue weighted by Gasteiger charge is -2.46. The first-order valence-corrected chi connectivity index (χ1v) is 12.3. The van der Waals surface area contributed by atoms with Gasteiger partial charge >= 0.3 is 5.97 Å². The van der Waals surface area contributed by atoms with Gasteiger partial charge in [0, 0.05) is 35.6 Å². The number of carboxylic acids is 1. The van der Waals surface area contributed by atoms with E-state index in [-0.39, 0.29) is 40.8 Å². The van der Waals surface area contributed by atoms with Crippen molar-refractivity contribution in [3.05, 3.63) is 10.6 Å². The third kappa shape index (κ3) is 3.85. The van der Waals surface area contributed by atoms with E-state index < -0.39 is 18.0 Å². The van der Waals surface area contributed by atoms with Crippen LogP contribution in [0.15, 0.2) is 10.6 Å². The number of nitrogens with one attached hydrogen (secondary N) is 1. The van der Waals surface area contributed by atoms with Crippen LogP contribution in [0.5, 0.6) is 0 Å². The van der Waals surface area contributed by atoms with E-state index in [0.29, 0.717) is 23.9 Å². The molecule has 4 aliphatic heterocycles. The van der Waals surface area contributed by atoms with E-state index in [1.165, 1.54) is 16.7 Å². The summed E-state index contributed by atoms with van der Waals surface area (Å²) in [6, 6.07) is -0.120. The van der Waals surface area contributed by atoms with Gasteiger partial charge in [0.05, 0.1) is 51.8 Å². The molecule has 4 rings (SSSR count). The molecule has 7 atom stereocenters. The van der Waals surface area contributed by atoms with Crippen LogP contribution in [0.2, 0.25) is 0 Å². The Balaban J connectivity index is 1.42. The van der Waals surface area contributed by atoms with Crippen molar-refractivity contribution in [1.29, 1.82) is 0 Å². The standard InChI is InChI=1S/C22H34N4O5S/c1-11-17-16(12(2)27)21(29)25(17)18(22(30)31)19(11)32-14-8-15(23-9-14)20(28)24-7-6-13(10-24)26(3,4)5/h11-17,23,27H,6-10H2,1-5H3/p+1/t11-,12?,13-,14+,15+,16-,17-/m1/s1. The summed E-state index contributed by atoms with van der Waals surface area (Å²) >= 11 is 1.48. The molecule has 0 aromatic rings. The summed E-state index contributed by atoms with van der Waals surface area (Å²) < 4.78 is 0.841.